The minimum absolute atomic E-state index is 0.222. The third kappa shape index (κ3) is 6.07. The lowest BCUT2D eigenvalue weighted by Gasteiger charge is -2.18. The molecule has 4 rings (SSSR count). The number of ether oxygens (including phenoxy) is 1. The number of fused-ring (bicyclic) bond motifs is 1. The number of aromatic nitrogens is 3. The van der Waals surface area contributed by atoms with Gasteiger partial charge < -0.3 is 20.5 Å². The van der Waals surface area contributed by atoms with Gasteiger partial charge in [-0.05, 0) is 43.7 Å². The molecule has 3 N–H and O–H groups in total. The second kappa shape index (κ2) is 12.3. The van der Waals surface area contributed by atoms with Crippen LogP contribution in [-0.2, 0) is 4.74 Å². The highest BCUT2D eigenvalue weighted by atomic mass is 35.5. The minimum Gasteiger partial charge on any atom is -0.396 e. The first kappa shape index (κ1) is 24.6. The van der Waals surface area contributed by atoms with Crippen molar-refractivity contribution in [3.63, 3.8) is 0 Å². The minimum atomic E-state index is 0.222. The van der Waals surface area contributed by atoms with E-state index in [2.05, 4.69) is 15.6 Å². The van der Waals surface area contributed by atoms with Gasteiger partial charge in [0.2, 0.25) is 5.95 Å². The van der Waals surface area contributed by atoms with Gasteiger partial charge in [-0.2, -0.15) is 4.98 Å². The van der Waals surface area contributed by atoms with Crippen LogP contribution < -0.4 is 10.6 Å². The number of aliphatic hydroxyl groups excluding tert-OH is 1. The van der Waals surface area contributed by atoms with Crippen LogP contribution in [0, 0.1) is 5.92 Å². The van der Waals surface area contributed by atoms with Gasteiger partial charge in [0, 0.05) is 32.9 Å². The molecular weight excluding hydrogens is 446 g/mol. The van der Waals surface area contributed by atoms with E-state index < -0.39 is 0 Å². The quantitative estimate of drug-likeness (QED) is 0.278. The predicted molar refractivity (Wildman–Crippen MR) is 134 cm³/mol. The van der Waals surface area contributed by atoms with E-state index in [0.29, 0.717) is 36.0 Å². The molecule has 0 spiro atoms. The molecule has 174 valence electrons. The van der Waals surface area contributed by atoms with Crippen LogP contribution in [0.3, 0.4) is 0 Å². The van der Waals surface area contributed by atoms with Crippen molar-refractivity contribution < 1.29 is 9.84 Å². The number of para-hydroxylation sites is 1. The molecule has 0 saturated heterocycles. The van der Waals surface area contributed by atoms with Crippen LogP contribution in [0.4, 0.5) is 11.8 Å². The van der Waals surface area contributed by atoms with E-state index in [1.165, 1.54) is 0 Å². The highest BCUT2D eigenvalue weighted by Crippen LogP contribution is 2.39. The van der Waals surface area contributed by atoms with E-state index in [1.807, 2.05) is 38.1 Å². The molecule has 2 unspecified atom stereocenters. The molecule has 2 heterocycles. The molecule has 1 aliphatic rings. The van der Waals surface area contributed by atoms with Crippen molar-refractivity contribution in [3.8, 4) is 10.6 Å². The van der Waals surface area contributed by atoms with Gasteiger partial charge in [0.1, 0.15) is 16.0 Å². The molecule has 9 heteroatoms. The Morgan fingerprint density at radius 1 is 1.19 bits per heavy atom. The molecule has 1 saturated carbocycles. The van der Waals surface area contributed by atoms with Crippen LogP contribution in [0.5, 0.6) is 0 Å². The van der Waals surface area contributed by atoms with Crippen molar-refractivity contribution in [1.29, 1.82) is 0 Å². The Morgan fingerprint density at radius 3 is 2.72 bits per heavy atom. The van der Waals surface area contributed by atoms with Crippen LogP contribution in [0.15, 0.2) is 24.3 Å². The van der Waals surface area contributed by atoms with Crippen LogP contribution in [0.1, 0.15) is 39.5 Å². The molecule has 0 aliphatic heterocycles. The number of methoxy groups -OCH3 is 1. The number of benzene rings is 1. The summed E-state index contributed by atoms with van der Waals surface area (Å²) in [5, 5.41) is 17.4. The maximum Gasteiger partial charge on any atom is 0.226 e. The lowest BCUT2D eigenvalue weighted by Crippen LogP contribution is -2.19. The monoisotopic (exact) mass is 477 g/mol. The summed E-state index contributed by atoms with van der Waals surface area (Å²) in [7, 11) is 1.68. The SMILES string of the molecule is CC.COCCCNc1nc(Cl)c(-c2nc3ccccc3s2)c(NC2CCC(CO)C2)n1. The Labute approximate surface area is 198 Å². The maximum atomic E-state index is 9.49. The van der Waals surface area contributed by atoms with Crippen molar-refractivity contribution in [3.05, 3.63) is 29.4 Å². The molecule has 0 radical (unpaired) electrons. The topological polar surface area (TPSA) is 92.2 Å². The number of halogens is 1. The maximum absolute atomic E-state index is 9.49. The van der Waals surface area contributed by atoms with Gasteiger partial charge >= 0.3 is 0 Å². The molecule has 0 bridgehead atoms. The molecule has 1 aliphatic carbocycles. The van der Waals surface area contributed by atoms with Crippen molar-refractivity contribution in [2.24, 2.45) is 5.92 Å². The summed E-state index contributed by atoms with van der Waals surface area (Å²) >= 11 is 8.23. The van der Waals surface area contributed by atoms with E-state index in [4.69, 9.17) is 26.3 Å². The predicted octanol–water partition coefficient (Wildman–Crippen LogP) is 5.45. The Hall–Kier alpha value is -2.00. The van der Waals surface area contributed by atoms with E-state index in [0.717, 1.165) is 46.5 Å². The molecule has 32 heavy (non-hydrogen) atoms. The third-order valence-electron chi connectivity index (χ3n) is 5.32. The van der Waals surface area contributed by atoms with Gasteiger partial charge in [-0.1, -0.05) is 37.6 Å². The van der Waals surface area contributed by atoms with E-state index in [-0.39, 0.29) is 12.6 Å². The second-order valence-corrected chi connectivity index (χ2v) is 8.91. The molecule has 2 aromatic heterocycles. The summed E-state index contributed by atoms with van der Waals surface area (Å²) in [5.74, 6) is 1.50. The number of rotatable bonds is 9. The largest absolute Gasteiger partial charge is 0.396 e. The Morgan fingerprint density at radius 2 is 2.00 bits per heavy atom. The Kier molecular flexibility index (Phi) is 9.47. The Balaban J connectivity index is 0.00000141. The highest BCUT2D eigenvalue weighted by Gasteiger charge is 2.27. The molecule has 1 aromatic carbocycles. The fraction of sp³-hybridized carbons (Fsp3) is 0.522. The van der Waals surface area contributed by atoms with Crippen LogP contribution in [0.2, 0.25) is 5.15 Å². The van der Waals surface area contributed by atoms with E-state index in [1.54, 1.807) is 18.4 Å². The average Bonchev–Trinajstić information content (AvgIpc) is 3.44. The first-order valence-corrected chi connectivity index (χ1v) is 12.4. The normalized spacial score (nSPS) is 17.8. The summed E-state index contributed by atoms with van der Waals surface area (Å²) in [5.41, 5.74) is 1.66. The number of anilines is 2. The first-order valence-electron chi connectivity index (χ1n) is 11.2. The zero-order chi connectivity index (χ0) is 22.9. The number of hydrogen-bond donors (Lipinski definition) is 3. The van der Waals surface area contributed by atoms with Crippen LogP contribution >= 0.6 is 22.9 Å². The summed E-state index contributed by atoms with van der Waals surface area (Å²) in [6.07, 6.45) is 3.75. The average molecular weight is 478 g/mol. The second-order valence-electron chi connectivity index (χ2n) is 7.52. The van der Waals surface area contributed by atoms with Gasteiger partial charge in [0.25, 0.3) is 0 Å². The zero-order valence-electron chi connectivity index (χ0n) is 18.9. The summed E-state index contributed by atoms with van der Waals surface area (Å²) < 4.78 is 6.19. The highest BCUT2D eigenvalue weighted by molar-refractivity contribution is 7.21. The molecule has 0 amide bonds. The molecule has 1 fully saturated rings. The zero-order valence-corrected chi connectivity index (χ0v) is 20.5. The van der Waals surface area contributed by atoms with Crippen molar-refractivity contribution in [2.45, 2.75) is 45.6 Å². The molecular formula is C23H32ClN5O2S. The van der Waals surface area contributed by atoms with Gasteiger partial charge in [0.05, 0.1) is 15.8 Å². The van der Waals surface area contributed by atoms with Crippen molar-refractivity contribution in [1.82, 2.24) is 15.0 Å². The smallest absolute Gasteiger partial charge is 0.226 e. The number of aliphatic hydroxyl groups is 1. The number of thiazole rings is 1. The fourth-order valence-corrected chi connectivity index (χ4v) is 5.10. The number of nitrogens with one attached hydrogen (secondary N) is 2. The standard InChI is InChI=1S/C21H26ClN5O2S.C2H6/c1-29-10-4-9-23-21-26-18(22)17(20-25-15-5-2-3-6-16(15)30-20)19(27-21)24-14-8-7-13(11-14)12-28;1-2/h2-3,5-6,13-14,28H,4,7-12H2,1H3,(H2,23,24,26,27);1-2H3. The summed E-state index contributed by atoms with van der Waals surface area (Å²) in [6, 6.07) is 8.26. The van der Waals surface area contributed by atoms with Crippen molar-refractivity contribution in [2.75, 3.05) is 37.5 Å². The van der Waals surface area contributed by atoms with Crippen LogP contribution in [-0.4, -0.2) is 53.0 Å². The third-order valence-corrected chi connectivity index (χ3v) is 6.65. The number of hydrogen-bond acceptors (Lipinski definition) is 8. The first-order chi connectivity index (χ1) is 15.7. The molecule has 3 aromatic rings. The van der Waals surface area contributed by atoms with Gasteiger partial charge in [-0.25, -0.2) is 9.97 Å². The lowest BCUT2D eigenvalue weighted by atomic mass is 10.1. The summed E-state index contributed by atoms with van der Waals surface area (Å²) in [4.78, 5) is 14.0. The number of nitrogens with zero attached hydrogens (tertiary/aromatic N) is 3. The van der Waals surface area contributed by atoms with Gasteiger partial charge in [0.15, 0.2) is 0 Å². The van der Waals surface area contributed by atoms with Crippen molar-refractivity contribution >= 4 is 44.9 Å². The van der Waals surface area contributed by atoms with Gasteiger partial charge in [-0.15, -0.1) is 11.3 Å². The van der Waals surface area contributed by atoms with E-state index >= 15 is 0 Å². The van der Waals surface area contributed by atoms with Gasteiger partial charge in [-0.3, -0.25) is 0 Å². The summed E-state index contributed by atoms with van der Waals surface area (Å²) in [6.45, 7) is 5.58. The molecule has 7 nitrogen and oxygen atoms in total. The van der Waals surface area contributed by atoms with E-state index in [9.17, 15) is 5.11 Å². The fourth-order valence-electron chi connectivity index (χ4n) is 3.77. The van der Waals surface area contributed by atoms with Crippen LogP contribution in [0.25, 0.3) is 20.8 Å². The molecule has 2 atom stereocenters. The Bertz CT molecular complexity index is 967. The lowest BCUT2D eigenvalue weighted by molar-refractivity contribution is 0.197.